The number of alkyl carbamates (subject to hydrolysis) is 1. The number of nitrogens with one attached hydrogen (secondary N) is 2. The van der Waals surface area contributed by atoms with E-state index in [1.807, 2.05) is 38.1 Å². The maximum atomic E-state index is 12.8. The molecule has 2 fully saturated rings. The van der Waals surface area contributed by atoms with Crippen LogP contribution >= 0.6 is 0 Å². The van der Waals surface area contributed by atoms with Gasteiger partial charge in [0.05, 0.1) is 5.41 Å². The molecule has 35 heavy (non-hydrogen) atoms. The number of aliphatic carboxylic acids is 1. The van der Waals surface area contributed by atoms with E-state index in [9.17, 15) is 19.5 Å². The molecule has 0 radical (unpaired) electrons. The normalized spacial score (nSPS) is 24.2. The number of benzene rings is 2. The van der Waals surface area contributed by atoms with Crippen LogP contribution in [0.4, 0.5) is 4.79 Å². The summed E-state index contributed by atoms with van der Waals surface area (Å²) in [7, 11) is 0. The molecule has 0 aromatic heterocycles. The summed E-state index contributed by atoms with van der Waals surface area (Å²) in [5.41, 5.74) is 3.37. The van der Waals surface area contributed by atoms with Gasteiger partial charge in [0.25, 0.3) is 0 Å². The van der Waals surface area contributed by atoms with Gasteiger partial charge in [-0.15, -0.1) is 0 Å². The third-order valence-corrected chi connectivity index (χ3v) is 8.15. The van der Waals surface area contributed by atoms with Crippen molar-refractivity contribution in [3.63, 3.8) is 0 Å². The Kier molecular flexibility index (Phi) is 5.82. The highest BCUT2D eigenvalue weighted by molar-refractivity contribution is 5.83. The lowest BCUT2D eigenvalue weighted by Gasteiger charge is -2.27. The van der Waals surface area contributed by atoms with E-state index in [0.717, 1.165) is 24.0 Å². The van der Waals surface area contributed by atoms with Gasteiger partial charge in [0.1, 0.15) is 6.61 Å². The minimum absolute atomic E-state index is 0.00193. The summed E-state index contributed by atoms with van der Waals surface area (Å²) >= 11 is 0. The molecule has 184 valence electrons. The molecule has 2 amide bonds. The third-order valence-electron chi connectivity index (χ3n) is 8.15. The molecule has 3 aliphatic carbocycles. The number of carboxylic acids is 1. The highest BCUT2D eigenvalue weighted by Gasteiger charge is 2.65. The lowest BCUT2D eigenvalue weighted by molar-refractivity contribution is -0.144. The van der Waals surface area contributed by atoms with Crippen LogP contribution in [0.3, 0.4) is 0 Å². The molecule has 2 aromatic carbocycles. The number of ether oxygens (including phenoxy) is 1. The minimum atomic E-state index is -0.745. The van der Waals surface area contributed by atoms with Crippen molar-refractivity contribution in [2.75, 3.05) is 13.2 Å². The van der Waals surface area contributed by atoms with Crippen LogP contribution < -0.4 is 10.6 Å². The van der Waals surface area contributed by atoms with Crippen LogP contribution in [0.15, 0.2) is 48.5 Å². The van der Waals surface area contributed by atoms with Crippen molar-refractivity contribution in [1.29, 1.82) is 0 Å². The molecule has 3 unspecified atom stereocenters. The van der Waals surface area contributed by atoms with Crippen LogP contribution in [0.2, 0.25) is 0 Å². The number of fused-ring (bicyclic) bond motifs is 4. The van der Waals surface area contributed by atoms with E-state index in [0.29, 0.717) is 19.4 Å². The van der Waals surface area contributed by atoms with E-state index >= 15 is 0 Å². The fraction of sp³-hybridized carbons (Fsp3) is 0.464. The molecule has 5 rings (SSSR count). The van der Waals surface area contributed by atoms with Gasteiger partial charge in [-0.1, -0.05) is 62.4 Å². The zero-order valence-corrected chi connectivity index (χ0v) is 20.2. The Labute approximate surface area is 205 Å². The number of hydrogen-bond acceptors (Lipinski definition) is 4. The fourth-order valence-electron chi connectivity index (χ4n) is 5.89. The number of carboxylic acid groups (broad SMARTS) is 1. The summed E-state index contributed by atoms with van der Waals surface area (Å²) in [5, 5.41) is 15.2. The summed E-state index contributed by atoms with van der Waals surface area (Å²) in [6.45, 7) is 4.23. The number of carbonyl (C=O) groups excluding carboxylic acids is 2. The number of rotatable bonds is 8. The molecule has 0 saturated heterocycles. The molecule has 3 N–H and O–H groups in total. The second-order valence-corrected chi connectivity index (χ2v) is 10.9. The largest absolute Gasteiger partial charge is 0.481 e. The van der Waals surface area contributed by atoms with Gasteiger partial charge < -0.3 is 20.5 Å². The van der Waals surface area contributed by atoms with Crippen LogP contribution in [-0.4, -0.2) is 42.3 Å². The monoisotopic (exact) mass is 476 g/mol. The predicted molar refractivity (Wildman–Crippen MR) is 131 cm³/mol. The van der Waals surface area contributed by atoms with E-state index < -0.39 is 22.9 Å². The minimum Gasteiger partial charge on any atom is -0.481 e. The molecular weight excluding hydrogens is 444 g/mol. The summed E-state index contributed by atoms with van der Waals surface area (Å²) in [6.07, 6.45) is 1.91. The van der Waals surface area contributed by atoms with E-state index in [1.165, 1.54) is 11.1 Å². The molecule has 3 aliphatic rings. The van der Waals surface area contributed by atoms with Gasteiger partial charge in [-0.3, -0.25) is 9.59 Å². The fourth-order valence-corrected chi connectivity index (χ4v) is 5.89. The highest BCUT2D eigenvalue weighted by atomic mass is 16.5. The number of amides is 2. The molecule has 0 bridgehead atoms. The summed E-state index contributed by atoms with van der Waals surface area (Å²) in [6, 6.07) is 16.3. The van der Waals surface area contributed by atoms with E-state index in [2.05, 4.69) is 34.9 Å². The Morgan fingerprint density at radius 2 is 1.66 bits per heavy atom. The van der Waals surface area contributed by atoms with E-state index in [4.69, 9.17) is 4.74 Å². The standard InChI is InChI=1S/C28H32N2O5/c1-27(2,24(31)30-18-13-17-14-28(17,15-18)25(32)33)11-12-29-26(34)35-16-23-21-9-5-3-7-19(21)20-8-4-6-10-22(20)23/h3-10,17-18,23H,11-16H2,1-2H3,(H,29,34)(H,30,31)(H,32,33). The molecule has 2 saturated carbocycles. The average molecular weight is 477 g/mol. The van der Waals surface area contributed by atoms with Gasteiger partial charge in [0.2, 0.25) is 5.91 Å². The van der Waals surface area contributed by atoms with Crippen molar-refractivity contribution in [3.05, 3.63) is 59.7 Å². The van der Waals surface area contributed by atoms with Gasteiger partial charge in [-0.05, 0) is 53.9 Å². The molecule has 7 nitrogen and oxygen atoms in total. The van der Waals surface area contributed by atoms with Gasteiger partial charge in [0, 0.05) is 23.9 Å². The molecule has 0 spiro atoms. The maximum Gasteiger partial charge on any atom is 0.407 e. The van der Waals surface area contributed by atoms with Crippen LogP contribution in [0.25, 0.3) is 11.1 Å². The summed E-state index contributed by atoms with van der Waals surface area (Å²) in [4.78, 5) is 36.7. The van der Waals surface area contributed by atoms with E-state index in [-0.39, 0.29) is 30.4 Å². The van der Waals surface area contributed by atoms with Gasteiger partial charge in [-0.2, -0.15) is 0 Å². The van der Waals surface area contributed by atoms with Gasteiger partial charge in [0.15, 0.2) is 0 Å². The second kappa shape index (κ2) is 8.70. The highest BCUT2D eigenvalue weighted by Crippen LogP contribution is 2.63. The number of carbonyl (C=O) groups is 3. The van der Waals surface area contributed by atoms with Crippen LogP contribution in [0.1, 0.15) is 56.6 Å². The first-order chi connectivity index (χ1) is 16.7. The zero-order chi connectivity index (χ0) is 24.8. The first-order valence-electron chi connectivity index (χ1n) is 12.3. The van der Waals surface area contributed by atoms with Crippen molar-refractivity contribution >= 4 is 18.0 Å². The molecule has 0 aliphatic heterocycles. The zero-order valence-electron chi connectivity index (χ0n) is 20.2. The van der Waals surface area contributed by atoms with Crippen LogP contribution in [-0.2, 0) is 14.3 Å². The summed E-state index contributed by atoms with van der Waals surface area (Å²) < 4.78 is 5.57. The summed E-state index contributed by atoms with van der Waals surface area (Å²) in [5.74, 6) is -0.671. The maximum absolute atomic E-state index is 12.8. The Bertz CT molecular complexity index is 1130. The van der Waals surface area contributed by atoms with Crippen molar-refractivity contribution in [3.8, 4) is 11.1 Å². The molecule has 7 heteroatoms. The molecule has 2 aromatic rings. The van der Waals surface area contributed by atoms with Crippen molar-refractivity contribution in [1.82, 2.24) is 10.6 Å². The number of hydrogen-bond donors (Lipinski definition) is 3. The van der Waals surface area contributed by atoms with Crippen molar-refractivity contribution in [2.24, 2.45) is 16.7 Å². The van der Waals surface area contributed by atoms with Crippen LogP contribution in [0.5, 0.6) is 0 Å². The lowest BCUT2D eigenvalue weighted by Crippen LogP contribution is -2.44. The van der Waals surface area contributed by atoms with Gasteiger partial charge in [-0.25, -0.2) is 4.79 Å². The quantitative estimate of drug-likeness (QED) is 0.527. The Morgan fingerprint density at radius 1 is 1.03 bits per heavy atom. The third kappa shape index (κ3) is 4.28. The van der Waals surface area contributed by atoms with Crippen molar-refractivity contribution < 1.29 is 24.2 Å². The Balaban J connectivity index is 1.09. The molecular formula is C28H32N2O5. The second-order valence-electron chi connectivity index (χ2n) is 10.9. The first kappa shape index (κ1) is 23.4. The topological polar surface area (TPSA) is 105 Å². The SMILES string of the molecule is CC(C)(CCNC(=O)OCC1c2ccccc2-c2ccccc21)C(=O)NC1CC2CC2(C(=O)O)C1. The smallest absolute Gasteiger partial charge is 0.407 e. The first-order valence-corrected chi connectivity index (χ1v) is 12.3. The molecule has 3 atom stereocenters. The van der Waals surface area contributed by atoms with Crippen LogP contribution in [0, 0.1) is 16.7 Å². The molecule has 0 heterocycles. The lowest BCUT2D eigenvalue weighted by atomic mass is 9.87. The van der Waals surface area contributed by atoms with E-state index in [1.54, 1.807) is 0 Å². The average Bonchev–Trinajstić information content (AvgIpc) is 3.26. The van der Waals surface area contributed by atoms with Gasteiger partial charge >= 0.3 is 12.1 Å². The Morgan fingerprint density at radius 3 is 2.26 bits per heavy atom. The van der Waals surface area contributed by atoms with Crippen molar-refractivity contribution in [2.45, 2.75) is 51.5 Å². The Hall–Kier alpha value is -3.35. The predicted octanol–water partition coefficient (Wildman–Crippen LogP) is 4.31.